The molecule has 0 aliphatic carbocycles. The molecule has 1 aromatic carbocycles. The molecule has 0 saturated heterocycles. The highest BCUT2D eigenvalue weighted by molar-refractivity contribution is 5.76. The third-order valence-electron chi connectivity index (χ3n) is 5.14. The second kappa shape index (κ2) is 11.6. The molecule has 0 aliphatic heterocycles. The topological polar surface area (TPSA) is 25.2 Å². The van der Waals surface area contributed by atoms with Gasteiger partial charge in [-0.1, -0.05) is 69.4 Å². The maximum Gasteiger partial charge on any atom is 0.223 e. The predicted octanol–water partition coefficient (Wildman–Crippen LogP) is 6.02. The second-order valence-electron chi connectivity index (χ2n) is 7.75. The molecule has 1 aromatic heterocycles. The Balaban J connectivity index is 1.90. The summed E-state index contributed by atoms with van der Waals surface area (Å²) < 4.78 is 2.25. The van der Waals surface area contributed by atoms with Crippen molar-refractivity contribution in [3.8, 4) is 0 Å². The average Bonchev–Trinajstić information content (AvgIpc) is 3.09. The average molecular weight is 369 g/mol. The zero-order valence-electron chi connectivity index (χ0n) is 17.4. The summed E-state index contributed by atoms with van der Waals surface area (Å²) >= 11 is 0. The van der Waals surface area contributed by atoms with Crippen LogP contribution in [0.3, 0.4) is 0 Å². The van der Waals surface area contributed by atoms with Crippen LogP contribution in [-0.4, -0.2) is 21.4 Å². The molecule has 0 atom stereocenters. The lowest BCUT2D eigenvalue weighted by Crippen LogP contribution is -2.36. The lowest BCUT2D eigenvalue weighted by atomic mass is 10.1. The molecule has 0 N–H and O–H groups in total. The first-order valence-electron chi connectivity index (χ1n) is 10.6. The molecule has 0 saturated carbocycles. The highest BCUT2D eigenvalue weighted by Gasteiger charge is 2.18. The Morgan fingerprint density at radius 3 is 2.37 bits per heavy atom. The smallest absolute Gasteiger partial charge is 0.223 e. The standard InChI is InChI=1S/C24H36N2O/c1-4-5-6-7-8-12-17-24(27)26(21(2)3)20-23-16-13-18-25(23)19-22-14-10-9-11-15-22/h9-11,13-16,18,21H,4-8,12,17,19-20H2,1-3H3. The van der Waals surface area contributed by atoms with Crippen molar-refractivity contribution in [1.29, 1.82) is 0 Å². The Bertz CT molecular complexity index is 660. The van der Waals surface area contributed by atoms with E-state index in [4.69, 9.17) is 0 Å². The van der Waals surface area contributed by atoms with Gasteiger partial charge in [0.25, 0.3) is 0 Å². The number of aromatic nitrogens is 1. The zero-order chi connectivity index (χ0) is 19.5. The fourth-order valence-corrected chi connectivity index (χ4v) is 3.46. The van der Waals surface area contributed by atoms with E-state index in [-0.39, 0.29) is 11.9 Å². The maximum absolute atomic E-state index is 12.8. The highest BCUT2D eigenvalue weighted by atomic mass is 16.2. The SMILES string of the molecule is CCCCCCCCC(=O)N(Cc1cccn1Cc1ccccc1)C(C)C. The molecule has 0 fully saturated rings. The van der Waals surface area contributed by atoms with Crippen molar-refractivity contribution >= 4 is 5.91 Å². The van der Waals surface area contributed by atoms with E-state index >= 15 is 0 Å². The van der Waals surface area contributed by atoms with Crippen LogP contribution < -0.4 is 0 Å². The van der Waals surface area contributed by atoms with Crippen molar-refractivity contribution in [1.82, 2.24) is 9.47 Å². The van der Waals surface area contributed by atoms with E-state index in [1.165, 1.54) is 43.4 Å². The summed E-state index contributed by atoms with van der Waals surface area (Å²) in [6.45, 7) is 8.00. The molecule has 1 heterocycles. The van der Waals surface area contributed by atoms with Crippen molar-refractivity contribution in [2.24, 2.45) is 0 Å². The number of hydrogen-bond donors (Lipinski definition) is 0. The van der Waals surface area contributed by atoms with Crippen LogP contribution in [0.2, 0.25) is 0 Å². The lowest BCUT2D eigenvalue weighted by Gasteiger charge is -2.27. The van der Waals surface area contributed by atoms with Crippen molar-refractivity contribution in [3.63, 3.8) is 0 Å². The minimum atomic E-state index is 0.220. The van der Waals surface area contributed by atoms with Gasteiger partial charge in [-0.3, -0.25) is 4.79 Å². The number of benzene rings is 1. The largest absolute Gasteiger partial charge is 0.345 e. The van der Waals surface area contributed by atoms with Gasteiger partial charge < -0.3 is 9.47 Å². The van der Waals surface area contributed by atoms with Gasteiger partial charge in [0.2, 0.25) is 5.91 Å². The van der Waals surface area contributed by atoms with Gasteiger partial charge in [-0.2, -0.15) is 0 Å². The van der Waals surface area contributed by atoms with Crippen LogP contribution in [0.5, 0.6) is 0 Å². The van der Waals surface area contributed by atoms with Crippen LogP contribution in [0.4, 0.5) is 0 Å². The number of hydrogen-bond acceptors (Lipinski definition) is 1. The van der Waals surface area contributed by atoms with Crippen LogP contribution in [0.1, 0.15) is 77.0 Å². The number of nitrogens with zero attached hydrogens (tertiary/aromatic N) is 2. The molecular weight excluding hydrogens is 332 g/mol. The summed E-state index contributed by atoms with van der Waals surface area (Å²) in [5.41, 5.74) is 2.48. The summed E-state index contributed by atoms with van der Waals surface area (Å²) in [6.07, 6.45) is 10.1. The Hall–Kier alpha value is -2.03. The van der Waals surface area contributed by atoms with E-state index in [0.29, 0.717) is 13.0 Å². The Morgan fingerprint density at radius 2 is 1.67 bits per heavy atom. The first kappa shape index (κ1) is 21.3. The van der Waals surface area contributed by atoms with Gasteiger partial charge in [0, 0.05) is 30.9 Å². The Kier molecular flexibility index (Phi) is 9.17. The Labute approximate surface area is 165 Å². The predicted molar refractivity (Wildman–Crippen MR) is 114 cm³/mol. The van der Waals surface area contributed by atoms with E-state index in [1.807, 2.05) is 11.0 Å². The minimum absolute atomic E-state index is 0.220. The molecular formula is C24H36N2O. The second-order valence-corrected chi connectivity index (χ2v) is 7.75. The molecule has 2 aromatic rings. The van der Waals surface area contributed by atoms with Crippen LogP contribution in [-0.2, 0) is 17.9 Å². The van der Waals surface area contributed by atoms with Gasteiger partial charge in [0.05, 0.1) is 6.54 Å². The molecule has 0 radical (unpaired) electrons. The highest BCUT2D eigenvalue weighted by Crippen LogP contribution is 2.15. The Morgan fingerprint density at radius 1 is 0.963 bits per heavy atom. The number of rotatable bonds is 12. The van der Waals surface area contributed by atoms with Crippen molar-refractivity contribution < 1.29 is 4.79 Å². The van der Waals surface area contributed by atoms with Crippen LogP contribution >= 0.6 is 0 Å². The minimum Gasteiger partial charge on any atom is -0.345 e. The third-order valence-corrected chi connectivity index (χ3v) is 5.14. The summed E-state index contributed by atoms with van der Waals surface area (Å²) in [4.78, 5) is 14.8. The fourth-order valence-electron chi connectivity index (χ4n) is 3.46. The fraction of sp³-hybridized carbons (Fsp3) is 0.542. The van der Waals surface area contributed by atoms with Crippen molar-refractivity contribution in [2.75, 3.05) is 0 Å². The molecule has 3 heteroatoms. The number of carbonyl (C=O) groups excluding carboxylic acids is 1. The summed E-state index contributed by atoms with van der Waals surface area (Å²) in [7, 11) is 0. The summed E-state index contributed by atoms with van der Waals surface area (Å²) in [6, 6.07) is 14.9. The van der Waals surface area contributed by atoms with E-state index < -0.39 is 0 Å². The van der Waals surface area contributed by atoms with Gasteiger partial charge >= 0.3 is 0 Å². The number of unbranched alkanes of at least 4 members (excludes halogenated alkanes) is 5. The molecule has 1 amide bonds. The third kappa shape index (κ3) is 7.24. The van der Waals surface area contributed by atoms with Gasteiger partial charge in [-0.05, 0) is 38.0 Å². The number of amides is 1. The maximum atomic E-state index is 12.8. The lowest BCUT2D eigenvalue weighted by molar-refractivity contribution is -0.133. The molecule has 148 valence electrons. The van der Waals surface area contributed by atoms with E-state index in [1.54, 1.807) is 0 Å². The summed E-state index contributed by atoms with van der Waals surface area (Å²) in [5, 5.41) is 0. The van der Waals surface area contributed by atoms with Gasteiger partial charge in [0.15, 0.2) is 0 Å². The van der Waals surface area contributed by atoms with Crippen LogP contribution in [0.15, 0.2) is 48.7 Å². The molecule has 2 rings (SSSR count). The van der Waals surface area contributed by atoms with Gasteiger partial charge in [-0.15, -0.1) is 0 Å². The van der Waals surface area contributed by atoms with Gasteiger partial charge in [-0.25, -0.2) is 0 Å². The molecule has 0 unspecified atom stereocenters. The van der Waals surface area contributed by atoms with E-state index in [9.17, 15) is 4.79 Å². The first-order valence-corrected chi connectivity index (χ1v) is 10.6. The van der Waals surface area contributed by atoms with Crippen LogP contribution in [0.25, 0.3) is 0 Å². The van der Waals surface area contributed by atoms with Crippen molar-refractivity contribution in [3.05, 3.63) is 59.9 Å². The zero-order valence-corrected chi connectivity index (χ0v) is 17.4. The molecule has 0 bridgehead atoms. The molecule has 27 heavy (non-hydrogen) atoms. The van der Waals surface area contributed by atoms with E-state index in [2.05, 4.69) is 67.9 Å². The van der Waals surface area contributed by atoms with Crippen LogP contribution in [0, 0.1) is 0 Å². The molecule has 0 spiro atoms. The normalized spacial score (nSPS) is 11.1. The number of carbonyl (C=O) groups is 1. The quantitative estimate of drug-likeness (QED) is 0.420. The van der Waals surface area contributed by atoms with Gasteiger partial charge in [0.1, 0.15) is 0 Å². The molecule has 3 nitrogen and oxygen atoms in total. The van der Waals surface area contributed by atoms with E-state index in [0.717, 1.165) is 13.0 Å². The van der Waals surface area contributed by atoms with Crippen molar-refractivity contribution in [2.45, 2.75) is 84.8 Å². The monoisotopic (exact) mass is 368 g/mol. The molecule has 0 aliphatic rings. The summed E-state index contributed by atoms with van der Waals surface area (Å²) in [5.74, 6) is 0.285. The first-order chi connectivity index (χ1) is 13.1.